The van der Waals surface area contributed by atoms with Gasteiger partial charge in [-0.2, -0.15) is 4.98 Å². The summed E-state index contributed by atoms with van der Waals surface area (Å²) in [7, 11) is 0. The van der Waals surface area contributed by atoms with Crippen molar-refractivity contribution in [1.29, 1.82) is 0 Å². The Morgan fingerprint density at radius 3 is 2.68 bits per heavy atom. The van der Waals surface area contributed by atoms with Gasteiger partial charge in [0.1, 0.15) is 6.10 Å². The van der Waals surface area contributed by atoms with E-state index >= 15 is 0 Å². The summed E-state index contributed by atoms with van der Waals surface area (Å²) in [6, 6.07) is 9.54. The van der Waals surface area contributed by atoms with Crippen molar-refractivity contribution in [3.05, 3.63) is 36.2 Å². The molecule has 1 fully saturated rings. The van der Waals surface area contributed by atoms with E-state index in [2.05, 4.69) is 20.3 Å². The van der Waals surface area contributed by atoms with Crippen LogP contribution in [0.25, 0.3) is 23.2 Å². The maximum atomic E-state index is 5.62. The monoisotopic (exact) mass is 298 g/mol. The van der Waals surface area contributed by atoms with E-state index in [9.17, 15) is 0 Å². The van der Waals surface area contributed by atoms with Crippen LogP contribution in [-0.4, -0.2) is 26.9 Å². The molecule has 0 amide bonds. The van der Waals surface area contributed by atoms with Gasteiger partial charge in [-0.1, -0.05) is 23.4 Å². The van der Waals surface area contributed by atoms with Crippen molar-refractivity contribution in [2.45, 2.75) is 25.4 Å². The highest BCUT2D eigenvalue weighted by Crippen LogP contribution is 2.28. The Morgan fingerprint density at radius 1 is 1.00 bits per heavy atom. The molecule has 1 atom stereocenters. The highest BCUT2D eigenvalue weighted by atomic mass is 16.5. The first-order chi connectivity index (χ1) is 10.9. The molecule has 4 rings (SSSR count). The lowest BCUT2D eigenvalue weighted by atomic mass is 10.1. The molecule has 3 heterocycles. The Balaban J connectivity index is 1.58. The molecule has 1 saturated heterocycles. The summed E-state index contributed by atoms with van der Waals surface area (Å²) >= 11 is 0. The summed E-state index contributed by atoms with van der Waals surface area (Å²) in [5.41, 5.74) is 0.848. The Bertz CT molecular complexity index is 747. The molecular formula is C15H14N4O3. The van der Waals surface area contributed by atoms with Gasteiger partial charge in [-0.15, -0.1) is 10.2 Å². The first-order valence-electron chi connectivity index (χ1n) is 7.24. The average Bonchev–Trinajstić information content (AvgIpc) is 3.26. The number of nitrogens with zero attached hydrogens (tertiary/aromatic N) is 4. The van der Waals surface area contributed by atoms with Crippen LogP contribution in [0.4, 0.5) is 0 Å². The third-order valence-electron chi connectivity index (χ3n) is 3.53. The van der Waals surface area contributed by atoms with Crippen LogP contribution in [0.1, 0.15) is 31.3 Å². The van der Waals surface area contributed by atoms with Crippen LogP contribution >= 0.6 is 0 Å². The summed E-state index contributed by atoms with van der Waals surface area (Å²) in [6.07, 6.45) is 2.93. The zero-order valence-electron chi connectivity index (χ0n) is 11.8. The van der Waals surface area contributed by atoms with Crippen molar-refractivity contribution in [3.8, 4) is 23.2 Å². The second-order valence-electron chi connectivity index (χ2n) is 5.09. The smallest absolute Gasteiger partial charge is 0.289 e. The van der Waals surface area contributed by atoms with Gasteiger partial charge in [0, 0.05) is 12.2 Å². The van der Waals surface area contributed by atoms with Gasteiger partial charge in [-0.05, 0) is 31.4 Å². The van der Waals surface area contributed by atoms with Gasteiger partial charge in [-0.3, -0.25) is 0 Å². The molecule has 0 aliphatic carbocycles. The fourth-order valence-corrected chi connectivity index (χ4v) is 2.40. The highest BCUT2D eigenvalue weighted by Gasteiger charge is 2.24. The summed E-state index contributed by atoms with van der Waals surface area (Å²) in [5, 5.41) is 11.9. The number of hydrogen-bond acceptors (Lipinski definition) is 7. The van der Waals surface area contributed by atoms with Crippen LogP contribution in [0, 0.1) is 0 Å². The van der Waals surface area contributed by atoms with E-state index in [0.29, 0.717) is 17.6 Å². The van der Waals surface area contributed by atoms with Gasteiger partial charge in [0.05, 0.1) is 0 Å². The van der Waals surface area contributed by atoms with E-state index in [1.54, 1.807) is 0 Å². The molecule has 3 aromatic rings. The minimum Gasteiger partial charge on any atom is -0.413 e. The zero-order valence-corrected chi connectivity index (χ0v) is 11.8. The number of rotatable bonds is 3. The molecule has 1 aliphatic rings. The van der Waals surface area contributed by atoms with Crippen LogP contribution < -0.4 is 0 Å². The third-order valence-corrected chi connectivity index (χ3v) is 3.53. The minimum absolute atomic E-state index is 0.133. The molecule has 0 saturated carbocycles. The van der Waals surface area contributed by atoms with Crippen molar-refractivity contribution in [1.82, 2.24) is 20.3 Å². The lowest BCUT2D eigenvalue weighted by Gasteiger charge is -2.18. The van der Waals surface area contributed by atoms with Crippen LogP contribution in [0.2, 0.25) is 0 Å². The molecular weight excluding hydrogens is 284 g/mol. The van der Waals surface area contributed by atoms with Gasteiger partial charge in [-0.25, -0.2) is 0 Å². The highest BCUT2D eigenvalue weighted by molar-refractivity contribution is 5.53. The van der Waals surface area contributed by atoms with E-state index in [4.69, 9.17) is 13.7 Å². The van der Waals surface area contributed by atoms with Gasteiger partial charge in [0.2, 0.25) is 5.89 Å². The Kier molecular flexibility index (Phi) is 3.40. The molecule has 112 valence electrons. The standard InChI is InChI=1S/C15H14N4O3/c1-2-6-10(7-3-1)13-17-18-15(21-13)12-16-14(22-19-12)11-8-4-5-9-20-11/h1-3,6-7,11H,4-5,8-9H2. The van der Waals surface area contributed by atoms with E-state index in [1.807, 2.05) is 30.3 Å². The largest absolute Gasteiger partial charge is 0.413 e. The van der Waals surface area contributed by atoms with E-state index in [-0.39, 0.29) is 12.0 Å². The first-order valence-corrected chi connectivity index (χ1v) is 7.24. The summed E-state index contributed by atoms with van der Waals surface area (Å²) in [6.45, 7) is 0.723. The normalized spacial score (nSPS) is 18.5. The second-order valence-corrected chi connectivity index (χ2v) is 5.09. The first kappa shape index (κ1) is 13.1. The predicted molar refractivity (Wildman–Crippen MR) is 75.6 cm³/mol. The Morgan fingerprint density at radius 2 is 1.86 bits per heavy atom. The third kappa shape index (κ3) is 2.50. The summed E-state index contributed by atoms with van der Waals surface area (Å²) in [5.74, 6) is 1.42. The topological polar surface area (TPSA) is 87.1 Å². The molecule has 0 N–H and O–H groups in total. The van der Waals surface area contributed by atoms with E-state index in [1.165, 1.54) is 0 Å². The number of benzene rings is 1. The quantitative estimate of drug-likeness (QED) is 0.734. The molecule has 1 aromatic carbocycles. The van der Waals surface area contributed by atoms with Crippen LogP contribution in [0.15, 0.2) is 39.3 Å². The van der Waals surface area contributed by atoms with E-state index in [0.717, 1.165) is 31.4 Å². The van der Waals surface area contributed by atoms with Crippen molar-refractivity contribution in [2.75, 3.05) is 6.61 Å². The molecule has 0 radical (unpaired) electrons. The SMILES string of the molecule is c1ccc(-c2nnc(-c3noc(C4CCCCO4)n3)o2)cc1. The number of aromatic nitrogens is 4. The van der Waals surface area contributed by atoms with Gasteiger partial charge < -0.3 is 13.7 Å². The molecule has 22 heavy (non-hydrogen) atoms. The maximum Gasteiger partial charge on any atom is 0.289 e. The Hall–Kier alpha value is -2.54. The number of ether oxygens (including phenoxy) is 1. The molecule has 1 aliphatic heterocycles. The molecule has 1 unspecified atom stereocenters. The van der Waals surface area contributed by atoms with Gasteiger partial charge in [0.25, 0.3) is 17.6 Å². The molecule has 2 aromatic heterocycles. The lowest BCUT2D eigenvalue weighted by Crippen LogP contribution is -2.11. The summed E-state index contributed by atoms with van der Waals surface area (Å²) < 4.78 is 16.5. The zero-order chi connectivity index (χ0) is 14.8. The fraction of sp³-hybridized carbons (Fsp3) is 0.333. The Labute approximate surface area is 126 Å². The predicted octanol–water partition coefficient (Wildman–Crippen LogP) is 3.03. The fourth-order valence-electron chi connectivity index (χ4n) is 2.40. The lowest BCUT2D eigenvalue weighted by molar-refractivity contribution is -0.00459. The molecule has 0 spiro atoms. The van der Waals surface area contributed by atoms with Crippen molar-refractivity contribution in [3.63, 3.8) is 0 Å². The van der Waals surface area contributed by atoms with Crippen molar-refractivity contribution in [2.24, 2.45) is 0 Å². The van der Waals surface area contributed by atoms with E-state index < -0.39 is 0 Å². The van der Waals surface area contributed by atoms with Gasteiger partial charge >= 0.3 is 0 Å². The second kappa shape index (κ2) is 5.69. The maximum absolute atomic E-state index is 5.62. The van der Waals surface area contributed by atoms with Crippen LogP contribution in [-0.2, 0) is 4.74 Å². The van der Waals surface area contributed by atoms with Crippen molar-refractivity contribution < 1.29 is 13.7 Å². The molecule has 7 heteroatoms. The van der Waals surface area contributed by atoms with Crippen LogP contribution in [0.3, 0.4) is 0 Å². The van der Waals surface area contributed by atoms with Crippen LogP contribution in [0.5, 0.6) is 0 Å². The number of hydrogen-bond donors (Lipinski definition) is 0. The van der Waals surface area contributed by atoms with Crippen molar-refractivity contribution >= 4 is 0 Å². The molecule has 7 nitrogen and oxygen atoms in total. The summed E-state index contributed by atoms with van der Waals surface area (Å²) in [4.78, 5) is 4.31. The van der Waals surface area contributed by atoms with Gasteiger partial charge in [0.15, 0.2) is 0 Å². The minimum atomic E-state index is -0.133. The molecule has 0 bridgehead atoms. The average molecular weight is 298 g/mol.